The average Bonchev–Trinajstić information content (AvgIpc) is 2.07. The summed E-state index contributed by atoms with van der Waals surface area (Å²) in [5.41, 5.74) is 10.8. The number of rotatable bonds is 2. The quantitative estimate of drug-likeness (QED) is 0.412. The second kappa shape index (κ2) is 3.93. The van der Waals surface area contributed by atoms with Crippen molar-refractivity contribution in [3.8, 4) is 5.75 Å². The third kappa shape index (κ3) is 2.33. The Hall–Kier alpha value is -1.82. The van der Waals surface area contributed by atoms with Crippen molar-refractivity contribution in [2.24, 2.45) is 11.5 Å². The Labute approximate surface area is 85.7 Å². The number of amides is 1. The van der Waals surface area contributed by atoms with Gasteiger partial charge in [0, 0.05) is 5.56 Å². The number of carbonyl (C=O) groups is 1. The van der Waals surface area contributed by atoms with Gasteiger partial charge in [-0.2, -0.15) is 0 Å². The molecule has 0 radical (unpaired) electrons. The van der Waals surface area contributed by atoms with Gasteiger partial charge in [-0.25, -0.2) is 0 Å². The summed E-state index contributed by atoms with van der Waals surface area (Å²) in [5.74, 6) is -0.640. The maximum Gasteiger partial charge on any atom is 0.248 e. The molecule has 0 heterocycles. The van der Waals surface area contributed by atoms with Crippen LogP contribution >= 0.6 is 12.2 Å². The monoisotopic (exact) mass is 211 g/mol. The third-order valence-electron chi connectivity index (χ3n) is 1.54. The second-order valence-electron chi connectivity index (χ2n) is 2.59. The van der Waals surface area contributed by atoms with E-state index in [0.29, 0.717) is 0 Å². The van der Waals surface area contributed by atoms with Gasteiger partial charge in [-0.1, -0.05) is 0 Å². The van der Waals surface area contributed by atoms with E-state index in [9.17, 15) is 9.90 Å². The maximum absolute atomic E-state index is 10.8. The van der Waals surface area contributed by atoms with Gasteiger partial charge in [-0.3, -0.25) is 4.79 Å². The van der Waals surface area contributed by atoms with E-state index in [1.807, 2.05) is 0 Å². The Bertz CT molecular complexity index is 392. The van der Waals surface area contributed by atoms with Gasteiger partial charge < -0.3 is 21.9 Å². The molecule has 74 valence electrons. The molecule has 1 amide bonds. The minimum absolute atomic E-state index is 0.00178. The number of aromatic hydroxyl groups is 1. The zero-order valence-electron chi connectivity index (χ0n) is 7.15. The largest absolute Gasteiger partial charge is 0.506 e. The summed E-state index contributed by atoms with van der Waals surface area (Å²) in [7, 11) is 0. The van der Waals surface area contributed by atoms with Crippen molar-refractivity contribution >= 4 is 28.9 Å². The van der Waals surface area contributed by atoms with Gasteiger partial charge in [-0.15, -0.1) is 0 Å². The summed E-state index contributed by atoms with van der Waals surface area (Å²) in [4.78, 5) is 10.8. The van der Waals surface area contributed by atoms with Crippen molar-refractivity contribution in [3.63, 3.8) is 0 Å². The molecule has 0 saturated heterocycles. The van der Waals surface area contributed by atoms with E-state index in [4.69, 9.17) is 11.5 Å². The summed E-state index contributed by atoms with van der Waals surface area (Å²) in [6, 6.07) is 4.11. The molecule has 14 heavy (non-hydrogen) atoms. The maximum atomic E-state index is 10.8. The Morgan fingerprint density at radius 1 is 1.43 bits per heavy atom. The van der Waals surface area contributed by atoms with Crippen molar-refractivity contribution in [2.75, 3.05) is 5.32 Å². The summed E-state index contributed by atoms with van der Waals surface area (Å²) in [5, 5.41) is 11.9. The number of phenols is 1. The van der Waals surface area contributed by atoms with E-state index < -0.39 is 5.91 Å². The molecule has 5 nitrogen and oxygen atoms in total. The number of hydrogen-bond acceptors (Lipinski definition) is 3. The van der Waals surface area contributed by atoms with E-state index >= 15 is 0 Å². The number of primary amides is 1. The number of thiocarbonyl (C=S) groups is 1. The van der Waals surface area contributed by atoms with E-state index in [0.717, 1.165) is 0 Å². The zero-order valence-corrected chi connectivity index (χ0v) is 7.97. The number of nitrogens with two attached hydrogens (primary N) is 2. The van der Waals surface area contributed by atoms with Crippen LogP contribution in [-0.2, 0) is 0 Å². The van der Waals surface area contributed by atoms with Gasteiger partial charge in [0.25, 0.3) is 0 Å². The highest BCUT2D eigenvalue weighted by molar-refractivity contribution is 7.80. The van der Waals surface area contributed by atoms with Gasteiger partial charge >= 0.3 is 0 Å². The molecular weight excluding hydrogens is 202 g/mol. The molecule has 1 aromatic carbocycles. The molecule has 0 aliphatic carbocycles. The van der Waals surface area contributed by atoms with Crippen LogP contribution in [0.2, 0.25) is 0 Å². The number of hydrogen-bond donors (Lipinski definition) is 4. The van der Waals surface area contributed by atoms with Gasteiger partial charge in [0.2, 0.25) is 5.91 Å². The standard InChI is InChI=1S/C8H9N3O2S/c9-7(13)4-1-2-6(12)5(3-4)11-8(10)14/h1-3,12H,(H2,9,13)(H3,10,11,14). The van der Waals surface area contributed by atoms with E-state index in [1.54, 1.807) is 0 Å². The van der Waals surface area contributed by atoms with Crippen LogP contribution in [0.25, 0.3) is 0 Å². The summed E-state index contributed by atoms with van der Waals surface area (Å²) < 4.78 is 0. The van der Waals surface area contributed by atoms with Crippen molar-refractivity contribution in [2.45, 2.75) is 0 Å². The lowest BCUT2D eigenvalue weighted by Gasteiger charge is -2.07. The molecule has 0 unspecified atom stereocenters. The van der Waals surface area contributed by atoms with Gasteiger partial charge in [0.15, 0.2) is 5.11 Å². The Morgan fingerprint density at radius 3 is 2.57 bits per heavy atom. The highest BCUT2D eigenvalue weighted by Gasteiger charge is 2.06. The predicted octanol–water partition coefficient (Wildman–Crippen LogP) is 0.147. The van der Waals surface area contributed by atoms with Gasteiger partial charge in [-0.05, 0) is 30.4 Å². The summed E-state index contributed by atoms with van der Waals surface area (Å²) >= 11 is 4.59. The van der Waals surface area contributed by atoms with Crippen LogP contribution in [0, 0.1) is 0 Å². The van der Waals surface area contributed by atoms with Crippen molar-refractivity contribution in [3.05, 3.63) is 23.8 Å². The minimum Gasteiger partial charge on any atom is -0.506 e. The first-order chi connectivity index (χ1) is 6.50. The molecule has 0 spiro atoms. The third-order valence-corrected chi connectivity index (χ3v) is 1.64. The van der Waals surface area contributed by atoms with Crippen molar-refractivity contribution < 1.29 is 9.90 Å². The molecule has 0 aliphatic rings. The molecular formula is C8H9N3O2S. The zero-order chi connectivity index (χ0) is 10.7. The second-order valence-corrected chi connectivity index (χ2v) is 3.03. The van der Waals surface area contributed by atoms with Crippen molar-refractivity contribution in [1.82, 2.24) is 0 Å². The molecule has 0 atom stereocenters. The number of carbonyl (C=O) groups excluding carboxylic acids is 1. The first-order valence-electron chi connectivity index (χ1n) is 3.70. The normalized spacial score (nSPS) is 9.43. The highest BCUT2D eigenvalue weighted by Crippen LogP contribution is 2.23. The Balaban J connectivity index is 3.08. The smallest absolute Gasteiger partial charge is 0.248 e. The van der Waals surface area contributed by atoms with Crippen LogP contribution in [0.15, 0.2) is 18.2 Å². The lowest BCUT2D eigenvalue weighted by Crippen LogP contribution is -2.19. The molecule has 6 N–H and O–H groups in total. The predicted molar refractivity (Wildman–Crippen MR) is 57.0 cm³/mol. The molecule has 6 heteroatoms. The summed E-state index contributed by atoms with van der Waals surface area (Å²) in [6.07, 6.45) is 0. The number of benzene rings is 1. The van der Waals surface area contributed by atoms with Gasteiger partial charge in [0.1, 0.15) is 5.75 Å². The van der Waals surface area contributed by atoms with Gasteiger partial charge in [0.05, 0.1) is 5.69 Å². The molecule has 1 rings (SSSR count). The van der Waals surface area contributed by atoms with Crippen LogP contribution in [-0.4, -0.2) is 16.1 Å². The first-order valence-corrected chi connectivity index (χ1v) is 4.11. The lowest BCUT2D eigenvalue weighted by atomic mass is 10.2. The molecule has 0 fully saturated rings. The fourth-order valence-corrected chi connectivity index (χ4v) is 1.03. The fraction of sp³-hybridized carbons (Fsp3) is 0. The number of anilines is 1. The topological polar surface area (TPSA) is 101 Å². The number of nitrogens with one attached hydrogen (secondary N) is 1. The number of phenolic OH excluding ortho intramolecular Hbond substituents is 1. The minimum atomic E-state index is -0.587. The molecule has 0 aliphatic heterocycles. The molecule has 0 bridgehead atoms. The van der Waals surface area contributed by atoms with E-state index in [2.05, 4.69) is 17.5 Å². The SMILES string of the molecule is NC(=O)c1ccc(O)c(NC(N)=S)c1. The first kappa shape index (κ1) is 10.3. The van der Waals surface area contributed by atoms with Crippen LogP contribution in [0.3, 0.4) is 0 Å². The van der Waals surface area contributed by atoms with Crippen LogP contribution < -0.4 is 16.8 Å². The van der Waals surface area contributed by atoms with Crippen LogP contribution in [0.5, 0.6) is 5.75 Å². The molecule has 0 aromatic heterocycles. The van der Waals surface area contributed by atoms with Crippen LogP contribution in [0.1, 0.15) is 10.4 Å². The van der Waals surface area contributed by atoms with Crippen molar-refractivity contribution in [1.29, 1.82) is 0 Å². The Morgan fingerprint density at radius 2 is 2.07 bits per heavy atom. The Kier molecular flexibility index (Phi) is 2.88. The van der Waals surface area contributed by atoms with E-state index in [-0.39, 0.29) is 22.1 Å². The van der Waals surface area contributed by atoms with Crippen LogP contribution in [0.4, 0.5) is 5.69 Å². The summed E-state index contributed by atoms with van der Waals surface area (Å²) in [6.45, 7) is 0. The fourth-order valence-electron chi connectivity index (χ4n) is 0.922. The highest BCUT2D eigenvalue weighted by atomic mass is 32.1. The lowest BCUT2D eigenvalue weighted by molar-refractivity contribution is 0.100. The molecule has 0 saturated carbocycles. The molecule has 1 aromatic rings. The van der Waals surface area contributed by atoms with E-state index in [1.165, 1.54) is 18.2 Å². The average molecular weight is 211 g/mol.